The number of urea groups is 1. The standard InChI is InChI=1S/C40H44N6O7/c1-45(29-15-19-31(52-3)20-16-29)37(49)34(23-27-11-7-5-8-12-27)43-35(47)25-41-39(51)42-26-36(48)44-40(24-33(40)28-13-9-6-10-14-28)38(50)46(2)30-17-21-32(53-4)22-18-30/h5-22,33-34H,23-26H2,1-4H3,(H,43,47)(H,44,48)(H2,41,42,51)/t33?,34-,40-/m0/s1. The molecule has 4 aromatic carbocycles. The second-order valence-electron chi connectivity index (χ2n) is 12.7. The molecule has 0 aromatic heterocycles. The summed E-state index contributed by atoms with van der Waals surface area (Å²) in [6.45, 7) is -0.901. The zero-order chi connectivity index (χ0) is 38.0. The Kier molecular flexibility index (Phi) is 12.3. The molecule has 4 aromatic rings. The highest BCUT2D eigenvalue weighted by Gasteiger charge is 2.62. The fourth-order valence-corrected chi connectivity index (χ4v) is 6.14. The summed E-state index contributed by atoms with van der Waals surface area (Å²) in [5, 5.41) is 10.5. The van der Waals surface area contributed by atoms with Crippen molar-refractivity contribution < 1.29 is 33.4 Å². The lowest BCUT2D eigenvalue weighted by Crippen LogP contribution is -2.54. The van der Waals surface area contributed by atoms with E-state index in [1.165, 1.54) is 9.80 Å². The second-order valence-corrected chi connectivity index (χ2v) is 12.7. The van der Waals surface area contributed by atoms with Crippen molar-refractivity contribution in [1.29, 1.82) is 0 Å². The first kappa shape index (κ1) is 37.9. The van der Waals surface area contributed by atoms with Crippen LogP contribution >= 0.6 is 0 Å². The van der Waals surface area contributed by atoms with Gasteiger partial charge in [-0.25, -0.2) is 4.79 Å². The lowest BCUT2D eigenvalue weighted by atomic mass is 10.0. The fourth-order valence-electron chi connectivity index (χ4n) is 6.14. The van der Waals surface area contributed by atoms with Crippen LogP contribution in [0.5, 0.6) is 11.5 Å². The van der Waals surface area contributed by atoms with E-state index in [9.17, 15) is 24.0 Å². The number of ether oxygens (including phenoxy) is 2. The lowest BCUT2D eigenvalue weighted by Gasteiger charge is -2.26. The van der Waals surface area contributed by atoms with E-state index in [0.717, 1.165) is 11.1 Å². The number of amides is 6. The predicted molar refractivity (Wildman–Crippen MR) is 201 cm³/mol. The summed E-state index contributed by atoms with van der Waals surface area (Å²) < 4.78 is 10.4. The van der Waals surface area contributed by atoms with Crippen LogP contribution < -0.4 is 40.5 Å². The monoisotopic (exact) mass is 720 g/mol. The quantitative estimate of drug-likeness (QED) is 0.147. The minimum atomic E-state index is -1.22. The average Bonchev–Trinajstić information content (AvgIpc) is 3.93. The van der Waals surface area contributed by atoms with Crippen molar-refractivity contribution in [3.8, 4) is 11.5 Å². The van der Waals surface area contributed by atoms with Gasteiger partial charge in [0.1, 0.15) is 23.1 Å². The lowest BCUT2D eigenvalue weighted by molar-refractivity contribution is -0.128. The third-order valence-corrected chi connectivity index (χ3v) is 9.20. The molecule has 1 saturated carbocycles. The Morgan fingerprint density at radius 1 is 0.698 bits per heavy atom. The number of nitrogens with one attached hydrogen (secondary N) is 4. The van der Waals surface area contributed by atoms with Gasteiger partial charge in [0.05, 0.1) is 27.3 Å². The largest absolute Gasteiger partial charge is 0.497 e. The molecule has 0 radical (unpaired) electrons. The normalized spacial score (nSPS) is 16.3. The Bertz CT molecular complexity index is 1890. The maximum absolute atomic E-state index is 13.9. The number of rotatable bonds is 15. The number of hydrogen-bond acceptors (Lipinski definition) is 7. The van der Waals surface area contributed by atoms with E-state index in [4.69, 9.17) is 9.47 Å². The molecular weight excluding hydrogens is 676 g/mol. The highest BCUT2D eigenvalue weighted by atomic mass is 16.5. The van der Waals surface area contributed by atoms with Gasteiger partial charge in [0, 0.05) is 37.8 Å². The summed E-state index contributed by atoms with van der Waals surface area (Å²) >= 11 is 0. The first-order valence-corrected chi connectivity index (χ1v) is 17.1. The second kappa shape index (κ2) is 17.2. The molecule has 1 aliphatic rings. The fraction of sp³-hybridized carbons (Fsp3) is 0.275. The SMILES string of the molecule is COc1ccc(N(C)C(=O)[C@H](Cc2ccccc2)NC(=O)CNC(=O)NCC(=O)N[C@@]2(C(=O)N(C)c3ccc(OC)cc3)CC2c2ccccc2)cc1. The molecular formula is C40H44N6O7. The maximum atomic E-state index is 13.9. The van der Waals surface area contributed by atoms with E-state index in [0.29, 0.717) is 29.3 Å². The topological polar surface area (TPSA) is 158 Å². The van der Waals surface area contributed by atoms with Crippen LogP contribution in [0.1, 0.15) is 23.5 Å². The molecule has 1 aliphatic carbocycles. The van der Waals surface area contributed by atoms with Crippen LogP contribution in [0.4, 0.5) is 16.2 Å². The minimum absolute atomic E-state index is 0.219. The summed E-state index contributed by atoms with van der Waals surface area (Å²) in [4.78, 5) is 69.4. The van der Waals surface area contributed by atoms with E-state index < -0.39 is 42.5 Å². The van der Waals surface area contributed by atoms with Gasteiger partial charge in [0.2, 0.25) is 17.7 Å². The number of anilines is 2. The van der Waals surface area contributed by atoms with Crippen LogP contribution in [-0.4, -0.2) is 82.6 Å². The van der Waals surface area contributed by atoms with Crippen molar-refractivity contribution in [3.05, 3.63) is 120 Å². The van der Waals surface area contributed by atoms with E-state index >= 15 is 0 Å². The third kappa shape index (κ3) is 9.50. The molecule has 13 heteroatoms. The summed E-state index contributed by atoms with van der Waals surface area (Å²) in [6.07, 6.45) is 0.599. The average molecular weight is 721 g/mol. The minimum Gasteiger partial charge on any atom is -0.497 e. The molecule has 13 nitrogen and oxygen atoms in total. The molecule has 0 heterocycles. The van der Waals surface area contributed by atoms with Gasteiger partial charge in [-0.15, -0.1) is 0 Å². The van der Waals surface area contributed by atoms with Crippen LogP contribution in [0.15, 0.2) is 109 Å². The molecule has 0 aliphatic heterocycles. The van der Waals surface area contributed by atoms with E-state index in [1.54, 1.807) is 76.8 Å². The summed E-state index contributed by atoms with van der Waals surface area (Å²) in [7, 11) is 6.37. The number of likely N-dealkylation sites (N-methyl/N-ethyl adjacent to an activating group) is 2. The van der Waals surface area contributed by atoms with Crippen LogP contribution in [-0.2, 0) is 25.6 Å². The van der Waals surface area contributed by atoms with E-state index in [2.05, 4.69) is 21.3 Å². The van der Waals surface area contributed by atoms with Crippen LogP contribution in [0, 0.1) is 0 Å². The molecule has 0 bridgehead atoms. The van der Waals surface area contributed by atoms with E-state index in [-0.39, 0.29) is 24.2 Å². The van der Waals surface area contributed by atoms with Crippen LogP contribution in [0.25, 0.3) is 0 Å². The number of hydrogen-bond donors (Lipinski definition) is 4. The zero-order valence-corrected chi connectivity index (χ0v) is 30.1. The predicted octanol–water partition coefficient (Wildman–Crippen LogP) is 3.40. The number of carbonyl (C=O) groups is 5. The first-order chi connectivity index (χ1) is 25.5. The Hall–Kier alpha value is -6.37. The molecule has 53 heavy (non-hydrogen) atoms. The van der Waals surface area contributed by atoms with Gasteiger partial charge < -0.3 is 40.5 Å². The summed E-state index contributed by atoms with van der Waals surface area (Å²) in [5.41, 5.74) is 1.75. The Morgan fingerprint density at radius 3 is 1.75 bits per heavy atom. The van der Waals surface area contributed by atoms with Gasteiger partial charge in [-0.05, 0) is 66.1 Å². The molecule has 0 spiro atoms. The zero-order valence-electron chi connectivity index (χ0n) is 30.1. The van der Waals surface area contributed by atoms with Gasteiger partial charge in [-0.2, -0.15) is 0 Å². The smallest absolute Gasteiger partial charge is 0.315 e. The van der Waals surface area contributed by atoms with Gasteiger partial charge in [0.15, 0.2) is 0 Å². The van der Waals surface area contributed by atoms with Crippen LogP contribution in [0.2, 0.25) is 0 Å². The maximum Gasteiger partial charge on any atom is 0.315 e. The van der Waals surface area contributed by atoms with Crippen molar-refractivity contribution in [2.24, 2.45) is 0 Å². The first-order valence-electron chi connectivity index (χ1n) is 17.1. The van der Waals surface area contributed by atoms with Gasteiger partial charge in [-0.1, -0.05) is 60.7 Å². The third-order valence-electron chi connectivity index (χ3n) is 9.20. The van der Waals surface area contributed by atoms with Crippen molar-refractivity contribution in [3.63, 3.8) is 0 Å². The van der Waals surface area contributed by atoms with Gasteiger partial charge in [-0.3, -0.25) is 19.2 Å². The molecule has 276 valence electrons. The number of carbonyl (C=O) groups excluding carboxylic acids is 5. The van der Waals surface area contributed by atoms with Crippen molar-refractivity contribution in [2.45, 2.75) is 30.3 Å². The molecule has 6 amide bonds. The van der Waals surface area contributed by atoms with Gasteiger partial charge in [0.25, 0.3) is 5.91 Å². The summed E-state index contributed by atoms with van der Waals surface area (Å²) in [5.74, 6) is -0.822. The molecule has 0 saturated heterocycles. The molecule has 1 unspecified atom stereocenters. The van der Waals surface area contributed by atoms with Crippen LogP contribution in [0.3, 0.4) is 0 Å². The van der Waals surface area contributed by atoms with Crippen molar-refractivity contribution >= 4 is 41.0 Å². The summed E-state index contributed by atoms with van der Waals surface area (Å²) in [6, 6.07) is 30.9. The van der Waals surface area contributed by atoms with Crippen molar-refractivity contribution in [2.75, 3.05) is 51.2 Å². The molecule has 4 N–H and O–H groups in total. The Morgan fingerprint density at radius 2 is 1.21 bits per heavy atom. The van der Waals surface area contributed by atoms with Crippen molar-refractivity contribution in [1.82, 2.24) is 21.3 Å². The molecule has 5 rings (SSSR count). The highest BCUT2D eigenvalue weighted by Crippen LogP contribution is 2.52. The Labute approximate surface area is 308 Å². The number of nitrogens with zero attached hydrogens (tertiary/aromatic N) is 2. The van der Waals surface area contributed by atoms with E-state index in [1.807, 2.05) is 60.7 Å². The molecule has 1 fully saturated rings. The van der Waals surface area contributed by atoms with Gasteiger partial charge >= 0.3 is 6.03 Å². The molecule has 3 atom stereocenters. The Balaban J connectivity index is 1.17. The number of benzene rings is 4. The number of methoxy groups -OCH3 is 2. The highest BCUT2D eigenvalue weighted by molar-refractivity contribution is 6.06.